The van der Waals surface area contributed by atoms with Crippen molar-refractivity contribution in [1.82, 2.24) is 29.9 Å². The number of hydrogen-bond acceptors (Lipinski definition) is 6. The lowest BCUT2D eigenvalue weighted by atomic mass is 10.1. The number of aryl methyl sites for hydroxylation is 2. The second-order valence-electron chi connectivity index (χ2n) is 6.06. The van der Waals surface area contributed by atoms with Crippen LogP contribution >= 0.6 is 0 Å². The van der Waals surface area contributed by atoms with Crippen LogP contribution in [0.2, 0.25) is 0 Å². The van der Waals surface area contributed by atoms with E-state index in [1.807, 2.05) is 26.1 Å². The fraction of sp³-hybridized carbons (Fsp3) is 0.353. The van der Waals surface area contributed by atoms with E-state index < -0.39 is 0 Å². The Balaban J connectivity index is 1.67. The minimum Gasteiger partial charge on any atom is -0.348 e. The average molecular weight is 321 g/mol. The van der Waals surface area contributed by atoms with E-state index in [4.69, 9.17) is 4.98 Å². The van der Waals surface area contributed by atoms with Gasteiger partial charge in [0.15, 0.2) is 5.82 Å². The Hall–Kier alpha value is -2.83. The smallest absolute Gasteiger partial charge is 0.157 e. The standard InChI is InChI=1S/C17H19N7/c1-11-8-20-17(21-11)14-10-18-9-13(23-14)15-4-3-7-24(15)16-5-6-19-12(2)22-16/h5-6,8-10,15H,3-4,7H2,1-2H3,(H,20,21). The molecule has 0 bridgehead atoms. The van der Waals surface area contributed by atoms with Gasteiger partial charge in [-0.05, 0) is 32.8 Å². The van der Waals surface area contributed by atoms with Crippen molar-refractivity contribution < 1.29 is 0 Å². The molecule has 1 saturated heterocycles. The number of H-pyrrole nitrogens is 1. The molecule has 1 fully saturated rings. The minimum absolute atomic E-state index is 0.183. The van der Waals surface area contributed by atoms with E-state index in [1.165, 1.54) is 0 Å². The zero-order valence-corrected chi connectivity index (χ0v) is 13.8. The fourth-order valence-corrected chi connectivity index (χ4v) is 3.15. The van der Waals surface area contributed by atoms with Gasteiger partial charge in [0, 0.05) is 24.6 Å². The molecule has 0 spiro atoms. The molecule has 3 aromatic rings. The van der Waals surface area contributed by atoms with Gasteiger partial charge in [0.1, 0.15) is 17.3 Å². The highest BCUT2D eigenvalue weighted by atomic mass is 15.2. The van der Waals surface area contributed by atoms with Crippen molar-refractivity contribution in [2.45, 2.75) is 32.7 Å². The van der Waals surface area contributed by atoms with Crippen LogP contribution in [0.25, 0.3) is 11.5 Å². The third kappa shape index (κ3) is 2.73. The van der Waals surface area contributed by atoms with Gasteiger partial charge >= 0.3 is 0 Å². The molecule has 1 aliphatic rings. The first-order valence-corrected chi connectivity index (χ1v) is 8.11. The summed E-state index contributed by atoms with van der Waals surface area (Å²) < 4.78 is 0. The van der Waals surface area contributed by atoms with Gasteiger partial charge in [0.05, 0.1) is 24.1 Å². The summed E-state index contributed by atoms with van der Waals surface area (Å²) in [5.41, 5.74) is 2.73. The quantitative estimate of drug-likeness (QED) is 0.798. The molecular weight excluding hydrogens is 302 g/mol. The largest absolute Gasteiger partial charge is 0.348 e. The Morgan fingerprint density at radius 1 is 1.12 bits per heavy atom. The summed E-state index contributed by atoms with van der Waals surface area (Å²) in [5, 5.41) is 0. The maximum absolute atomic E-state index is 4.80. The lowest BCUT2D eigenvalue weighted by Gasteiger charge is -2.25. The third-order valence-electron chi connectivity index (χ3n) is 4.25. The zero-order chi connectivity index (χ0) is 16.5. The van der Waals surface area contributed by atoms with Gasteiger partial charge < -0.3 is 9.88 Å². The molecule has 122 valence electrons. The van der Waals surface area contributed by atoms with Crippen LogP contribution in [-0.4, -0.2) is 36.4 Å². The molecule has 24 heavy (non-hydrogen) atoms. The van der Waals surface area contributed by atoms with Crippen molar-refractivity contribution in [1.29, 1.82) is 0 Å². The van der Waals surface area contributed by atoms with Crippen LogP contribution in [0.5, 0.6) is 0 Å². The first-order valence-electron chi connectivity index (χ1n) is 8.11. The topological polar surface area (TPSA) is 83.5 Å². The summed E-state index contributed by atoms with van der Waals surface area (Å²) in [6, 6.07) is 2.14. The van der Waals surface area contributed by atoms with Gasteiger partial charge in [0.25, 0.3) is 0 Å². The second-order valence-corrected chi connectivity index (χ2v) is 6.06. The summed E-state index contributed by atoms with van der Waals surface area (Å²) in [4.78, 5) is 27.8. The molecule has 0 amide bonds. The molecule has 7 heteroatoms. The molecule has 1 aliphatic heterocycles. The van der Waals surface area contributed by atoms with Crippen molar-refractivity contribution in [3.05, 3.63) is 48.1 Å². The number of aromatic nitrogens is 6. The molecule has 7 nitrogen and oxygen atoms in total. The van der Waals surface area contributed by atoms with Crippen LogP contribution in [0, 0.1) is 13.8 Å². The molecule has 4 heterocycles. The molecule has 1 N–H and O–H groups in total. The Labute approximate surface area is 140 Å². The third-order valence-corrected chi connectivity index (χ3v) is 4.25. The van der Waals surface area contributed by atoms with Crippen molar-refractivity contribution in [2.75, 3.05) is 11.4 Å². The van der Waals surface area contributed by atoms with E-state index in [0.717, 1.165) is 53.9 Å². The number of nitrogens with zero attached hydrogens (tertiary/aromatic N) is 6. The molecular formula is C17H19N7. The van der Waals surface area contributed by atoms with Crippen LogP contribution in [-0.2, 0) is 0 Å². The summed E-state index contributed by atoms with van der Waals surface area (Å²) in [7, 11) is 0. The first-order chi connectivity index (χ1) is 11.7. The Kier molecular flexibility index (Phi) is 3.68. The lowest BCUT2D eigenvalue weighted by molar-refractivity contribution is 0.681. The highest BCUT2D eigenvalue weighted by molar-refractivity contribution is 5.49. The monoisotopic (exact) mass is 321 g/mol. The van der Waals surface area contributed by atoms with E-state index >= 15 is 0 Å². The van der Waals surface area contributed by atoms with Gasteiger partial charge in [-0.3, -0.25) is 4.98 Å². The number of anilines is 1. The zero-order valence-electron chi connectivity index (χ0n) is 13.8. The minimum atomic E-state index is 0.183. The van der Waals surface area contributed by atoms with Crippen LogP contribution in [0.3, 0.4) is 0 Å². The number of aromatic amines is 1. The maximum Gasteiger partial charge on any atom is 0.157 e. The Morgan fingerprint density at radius 2 is 2.04 bits per heavy atom. The molecule has 0 aromatic carbocycles. The maximum atomic E-state index is 4.80. The van der Waals surface area contributed by atoms with E-state index in [2.05, 4.69) is 29.8 Å². The van der Waals surface area contributed by atoms with E-state index in [-0.39, 0.29) is 6.04 Å². The molecule has 0 radical (unpaired) electrons. The Morgan fingerprint density at radius 3 is 2.83 bits per heavy atom. The molecule has 0 saturated carbocycles. The van der Waals surface area contributed by atoms with Crippen molar-refractivity contribution >= 4 is 5.82 Å². The molecule has 3 aromatic heterocycles. The van der Waals surface area contributed by atoms with Crippen LogP contribution in [0.15, 0.2) is 30.9 Å². The molecule has 4 rings (SSSR count). The summed E-state index contributed by atoms with van der Waals surface area (Å²) in [5.74, 6) is 2.49. The lowest BCUT2D eigenvalue weighted by Crippen LogP contribution is -2.24. The van der Waals surface area contributed by atoms with Gasteiger partial charge in [0.2, 0.25) is 0 Å². The normalized spacial score (nSPS) is 17.4. The van der Waals surface area contributed by atoms with Crippen LogP contribution in [0.1, 0.15) is 36.1 Å². The predicted octanol–water partition coefficient (Wildman–Crippen LogP) is 2.62. The van der Waals surface area contributed by atoms with E-state index in [9.17, 15) is 0 Å². The van der Waals surface area contributed by atoms with Crippen molar-refractivity contribution in [3.8, 4) is 11.5 Å². The van der Waals surface area contributed by atoms with Crippen molar-refractivity contribution in [2.24, 2.45) is 0 Å². The summed E-state index contributed by atoms with van der Waals surface area (Å²) in [6.07, 6.45) is 9.35. The molecule has 1 atom stereocenters. The predicted molar refractivity (Wildman–Crippen MR) is 90.4 cm³/mol. The fourth-order valence-electron chi connectivity index (χ4n) is 3.15. The highest BCUT2D eigenvalue weighted by Gasteiger charge is 2.29. The van der Waals surface area contributed by atoms with Gasteiger partial charge in [-0.15, -0.1) is 0 Å². The van der Waals surface area contributed by atoms with Gasteiger partial charge in [-0.25, -0.2) is 19.9 Å². The van der Waals surface area contributed by atoms with E-state index in [0.29, 0.717) is 0 Å². The van der Waals surface area contributed by atoms with Crippen LogP contribution < -0.4 is 4.90 Å². The number of nitrogens with one attached hydrogen (secondary N) is 1. The van der Waals surface area contributed by atoms with Gasteiger partial charge in [-0.2, -0.15) is 0 Å². The Bertz CT molecular complexity index is 857. The number of rotatable bonds is 3. The van der Waals surface area contributed by atoms with Crippen LogP contribution in [0.4, 0.5) is 5.82 Å². The number of hydrogen-bond donors (Lipinski definition) is 1. The molecule has 1 unspecified atom stereocenters. The van der Waals surface area contributed by atoms with E-state index in [1.54, 1.807) is 18.6 Å². The second kappa shape index (κ2) is 5.99. The highest BCUT2D eigenvalue weighted by Crippen LogP contribution is 2.34. The number of imidazole rings is 1. The summed E-state index contributed by atoms with van der Waals surface area (Å²) >= 11 is 0. The summed E-state index contributed by atoms with van der Waals surface area (Å²) in [6.45, 7) is 4.85. The molecule has 0 aliphatic carbocycles. The average Bonchev–Trinajstić information content (AvgIpc) is 3.24. The SMILES string of the molecule is Cc1nccc(N2CCCC2c2cncc(-c3ncc(C)[nH]3)n2)n1. The van der Waals surface area contributed by atoms with Crippen molar-refractivity contribution in [3.63, 3.8) is 0 Å². The first kappa shape index (κ1) is 14.7. The van der Waals surface area contributed by atoms with Gasteiger partial charge in [-0.1, -0.05) is 0 Å².